The number of nitrogens with zero attached hydrogens (tertiary/aromatic N) is 1. The number of aromatic nitrogens is 1. The van der Waals surface area contributed by atoms with Gasteiger partial charge in [-0.1, -0.05) is 6.92 Å². The van der Waals surface area contributed by atoms with Crippen LogP contribution in [0.4, 0.5) is 5.13 Å². The van der Waals surface area contributed by atoms with Gasteiger partial charge in [-0.25, -0.2) is 4.98 Å². The van der Waals surface area contributed by atoms with Gasteiger partial charge >= 0.3 is 0 Å². The van der Waals surface area contributed by atoms with Crippen molar-refractivity contribution in [1.82, 2.24) is 10.3 Å². The lowest BCUT2D eigenvalue weighted by Gasteiger charge is -2.06. The van der Waals surface area contributed by atoms with Crippen molar-refractivity contribution in [2.75, 3.05) is 11.9 Å². The smallest absolute Gasteiger partial charge is 0.230 e. The Morgan fingerprint density at radius 2 is 2.09 bits per heavy atom. The van der Waals surface area contributed by atoms with Gasteiger partial charge in [-0.05, 0) is 19.1 Å². The molecule has 0 aliphatic heterocycles. The fourth-order valence-corrected chi connectivity index (χ4v) is 3.72. The van der Waals surface area contributed by atoms with Crippen LogP contribution in [0.3, 0.4) is 0 Å². The minimum atomic E-state index is -0.242. The molecule has 1 atom stereocenters. The van der Waals surface area contributed by atoms with E-state index < -0.39 is 0 Å². The van der Waals surface area contributed by atoms with Gasteiger partial charge in [-0.2, -0.15) is 0 Å². The number of thiazole rings is 1. The minimum absolute atomic E-state index is 0.0520. The molecule has 2 aromatic rings. The van der Waals surface area contributed by atoms with E-state index in [1.54, 1.807) is 18.3 Å². The van der Waals surface area contributed by atoms with Gasteiger partial charge in [0, 0.05) is 29.1 Å². The van der Waals surface area contributed by atoms with Crippen molar-refractivity contribution in [3.63, 3.8) is 0 Å². The summed E-state index contributed by atoms with van der Waals surface area (Å²) >= 11 is 3.03. The van der Waals surface area contributed by atoms with Gasteiger partial charge in [0.15, 0.2) is 5.13 Å². The first-order chi connectivity index (χ1) is 10.9. The Bertz CT molecular complexity index is 708. The summed E-state index contributed by atoms with van der Waals surface area (Å²) in [6.07, 6.45) is 0. The largest absolute Gasteiger partial charge is 0.351 e. The van der Waals surface area contributed by atoms with Crippen molar-refractivity contribution in [1.29, 1.82) is 0 Å². The SMILES string of the molecule is CC(=O)NCc1ccc(-c2nc(NC(=O)C(C)CN)sc2C)s1. The topological polar surface area (TPSA) is 97.1 Å². The highest BCUT2D eigenvalue weighted by Gasteiger charge is 2.16. The number of thiophene rings is 1. The number of hydrogen-bond donors (Lipinski definition) is 3. The van der Waals surface area contributed by atoms with E-state index in [-0.39, 0.29) is 17.7 Å². The molecular formula is C15H20N4O2S2. The monoisotopic (exact) mass is 352 g/mol. The molecule has 0 bridgehead atoms. The minimum Gasteiger partial charge on any atom is -0.351 e. The maximum Gasteiger partial charge on any atom is 0.230 e. The third kappa shape index (κ3) is 4.60. The molecule has 124 valence electrons. The van der Waals surface area contributed by atoms with E-state index in [2.05, 4.69) is 15.6 Å². The molecule has 0 aliphatic carbocycles. The molecular weight excluding hydrogens is 332 g/mol. The highest BCUT2D eigenvalue weighted by atomic mass is 32.1. The summed E-state index contributed by atoms with van der Waals surface area (Å²) in [5.41, 5.74) is 6.36. The summed E-state index contributed by atoms with van der Waals surface area (Å²) in [5, 5.41) is 6.17. The second-order valence-corrected chi connectivity index (χ2v) is 7.60. The summed E-state index contributed by atoms with van der Waals surface area (Å²) in [4.78, 5) is 30.5. The number of nitrogens with two attached hydrogens (primary N) is 1. The van der Waals surface area contributed by atoms with Gasteiger partial charge in [0.05, 0.1) is 17.1 Å². The summed E-state index contributed by atoms with van der Waals surface area (Å²) in [6.45, 7) is 6.07. The average molecular weight is 352 g/mol. The maximum atomic E-state index is 11.9. The van der Waals surface area contributed by atoms with Crippen molar-refractivity contribution in [2.45, 2.75) is 27.3 Å². The fraction of sp³-hybridized carbons (Fsp3) is 0.400. The quantitative estimate of drug-likeness (QED) is 0.743. The van der Waals surface area contributed by atoms with Crippen molar-refractivity contribution < 1.29 is 9.59 Å². The summed E-state index contributed by atoms with van der Waals surface area (Å²) in [6, 6.07) is 3.96. The molecule has 2 rings (SSSR count). The molecule has 0 aromatic carbocycles. The predicted molar refractivity (Wildman–Crippen MR) is 94.5 cm³/mol. The first kappa shape index (κ1) is 17.6. The first-order valence-electron chi connectivity index (χ1n) is 7.22. The van der Waals surface area contributed by atoms with Crippen LogP contribution in [0.1, 0.15) is 23.6 Å². The van der Waals surface area contributed by atoms with Crippen molar-refractivity contribution in [3.8, 4) is 10.6 Å². The predicted octanol–water partition coefficient (Wildman–Crippen LogP) is 2.35. The van der Waals surface area contributed by atoms with E-state index in [1.807, 2.05) is 19.1 Å². The molecule has 0 spiro atoms. The van der Waals surface area contributed by atoms with E-state index in [4.69, 9.17) is 5.73 Å². The number of rotatable bonds is 6. The summed E-state index contributed by atoms with van der Waals surface area (Å²) in [5.74, 6) is -0.414. The van der Waals surface area contributed by atoms with Crippen LogP contribution in [0, 0.1) is 12.8 Å². The Hall–Kier alpha value is -1.77. The van der Waals surface area contributed by atoms with Crippen LogP contribution in [-0.4, -0.2) is 23.3 Å². The molecule has 2 heterocycles. The number of carbonyl (C=O) groups is 2. The lowest BCUT2D eigenvalue weighted by molar-refractivity contribution is -0.119. The maximum absolute atomic E-state index is 11.9. The number of carbonyl (C=O) groups excluding carboxylic acids is 2. The van der Waals surface area contributed by atoms with Gasteiger partial charge in [-0.3, -0.25) is 9.59 Å². The summed E-state index contributed by atoms with van der Waals surface area (Å²) < 4.78 is 0. The zero-order valence-electron chi connectivity index (χ0n) is 13.3. The van der Waals surface area contributed by atoms with E-state index in [0.29, 0.717) is 18.2 Å². The van der Waals surface area contributed by atoms with Crippen molar-refractivity contribution in [3.05, 3.63) is 21.9 Å². The molecule has 0 saturated carbocycles. The van der Waals surface area contributed by atoms with Gasteiger partial charge in [0.1, 0.15) is 0 Å². The van der Waals surface area contributed by atoms with Crippen molar-refractivity contribution >= 4 is 39.6 Å². The third-order valence-electron chi connectivity index (χ3n) is 3.23. The third-order valence-corrected chi connectivity index (χ3v) is 5.21. The van der Waals surface area contributed by atoms with E-state index in [0.717, 1.165) is 20.3 Å². The summed E-state index contributed by atoms with van der Waals surface area (Å²) in [7, 11) is 0. The van der Waals surface area contributed by atoms with Gasteiger partial charge in [-0.15, -0.1) is 22.7 Å². The van der Waals surface area contributed by atoms with Crippen LogP contribution >= 0.6 is 22.7 Å². The van der Waals surface area contributed by atoms with Gasteiger partial charge < -0.3 is 16.4 Å². The molecule has 23 heavy (non-hydrogen) atoms. The van der Waals surface area contributed by atoms with Gasteiger partial charge in [0.25, 0.3) is 0 Å². The Morgan fingerprint density at radius 1 is 1.35 bits per heavy atom. The van der Waals surface area contributed by atoms with Crippen LogP contribution < -0.4 is 16.4 Å². The molecule has 1 unspecified atom stereocenters. The average Bonchev–Trinajstić information content (AvgIpc) is 3.10. The second-order valence-electron chi connectivity index (χ2n) is 5.23. The van der Waals surface area contributed by atoms with E-state index >= 15 is 0 Å². The molecule has 0 aliphatic rings. The Labute approximate surface area is 143 Å². The first-order valence-corrected chi connectivity index (χ1v) is 8.86. The highest BCUT2D eigenvalue weighted by Crippen LogP contribution is 2.34. The molecule has 0 saturated heterocycles. The molecule has 8 heteroatoms. The normalized spacial score (nSPS) is 12.0. The van der Waals surface area contributed by atoms with Crippen LogP contribution in [-0.2, 0) is 16.1 Å². The van der Waals surface area contributed by atoms with Crippen LogP contribution in [0.5, 0.6) is 0 Å². The fourth-order valence-electron chi connectivity index (χ4n) is 1.83. The zero-order valence-corrected chi connectivity index (χ0v) is 14.9. The number of anilines is 1. The molecule has 6 nitrogen and oxygen atoms in total. The molecule has 4 N–H and O–H groups in total. The number of hydrogen-bond acceptors (Lipinski definition) is 6. The molecule has 0 radical (unpaired) electrons. The lowest BCUT2D eigenvalue weighted by Crippen LogP contribution is -2.26. The van der Waals surface area contributed by atoms with Crippen LogP contribution in [0.25, 0.3) is 10.6 Å². The van der Waals surface area contributed by atoms with Gasteiger partial charge in [0.2, 0.25) is 11.8 Å². The highest BCUT2D eigenvalue weighted by molar-refractivity contribution is 7.18. The zero-order chi connectivity index (χ0) is 17.0. The number of amides is 2. The Balaban J connectivity index is 2.12. The Morgan fingerprint density at radius 3 is 2.74 bits per heavy atom. The molecule has 2 aromatic heterocycles. The van der Waals surface area contributed by atoms with Crippen molar-refractivity contribution in [2.24, 2.45) is 11.7 Å². The van der Waals surface area contributed by atoms with E-state index in [1.165, 1.54) is 18.3 Å². The lowest BCUT2D eigenvalue weighted by atomic mass is 10.2. The Kier molecular flexibility index (Phi) is 5.86. The standard InChI is InChI=1S/C15H20N4O2S2/c1-8(6-16)14(21)19-15-18-13(9(2)22-15)12-5-4-11(23-12)7-17-10(3)20/h4-5,8H,6-7,16H2,1-3H3,(H,17,20)(H,18,19,21). The molecule has 0 fully saturated rings. The van der Waals surface area contributed by atoms with Crippen LogP contribution in [0.15, 0.2) is 12.1 Å². The van der Waals surface area contributed by atoms with E-state index in [9.17, 15) is 9.59 Å². The number of aryl methyl sites for hydroxylation is 1. The van der Waals surface area contributed by atoms with Crippen LogP contribution in [0.2, 0.25) is 0 Å². The molecule has 2 amide bonds. The number of nitrogens with one attached hydrogen (secondary N) is 2. The second kappa shape index (κ2) is 7.67.